The quantitative estimate of drug-likeness (QED) is 0.317. The van der Waals surface area contributed by atoms with Crippen molar-refractivity contribution in [3.8, 4) is 11.8 Å². The van der Waals surface area contributed by atoms with Crippen LogP contribution in [-0.4, -0.2) is 17.0 Å². The van der Waals surface area contributed by atoms with E-state index in [1.807, 2.05) is 73.0 Å². The predicted octanol–water partition coefficient (Wildman–Crippen LogP) is 5.40. The van der Waals surface area contributed by atoms with Crippen molar-refractivity contribution in [3.05, 3.63) is 93.8 Å². The number of nitrogens with zero attached hydrogens (tertiary/aromatic N) is 2. The number of nitrogens with one attached hydrogen (secondary N) is 1. The summed E-state index contributed by atoms with van der Waals surface area (Å²) < 4.78 is 2.03. The number of para-hydroxylation sites is 1. The van der Waals surface area contributed by atoms with Crippen LogP contribution in [0.4, 0.5) is 0 Å². The number of benzene rings is 2. The Morgan fingerprint density at radius 2 is 1.83 bits per heavy atom. The molecule has 0 fully saturated rings. The zero-order chi connectivity index (χ0) is 21.5. The highest BCUT2D eigenvalue weighted by atomic mass is 35.5. The van der Waals surface area contributed by atoms with E-state index in [2.05, 4.69) is 17.4 Å². The minimum absolute atomic E-state index is 0.0918. The van der Waals surface area contributed by atoms with Gasteiger partial charge in [-0.2, -0.15) is 5.26 Å². The number of amides is 1. The fourth-order valence-corrected chi connectivity index (χ4v) is 3.70. The van der Waals surface area contributed by atoms with Crippen LogP contribution in [0.5, 0.6) is 0 Å². The summed E-state index contributed by atoms with van der Waals surface area (Å²) in [5, 5.41) is 13.0. The summed E-state index contributed by atoms with van der Waals surface area (Å²) in [6.45, 7) is 4.45. The van der Waals surface area contributed by atoms with Crippen molar-refractivity contribution in [1.82, 2.24) is 9.88 Å². The van der Waals surface area contributed by atoms with Crippen molar-refractivity contribution in [3.63, 3.8) is 0 Å². The van der Waals surface area contributed by atoms with Gasteiger partial charge >= 0.3 is 0 Å². The van der Waals surface area contributed by atoms with Crippen molar-refractivity contribution in [2.45, 2.75) is 26.7 Å². The lowest BCUT2D eigenvalue weighted by atomic mass is 10.1. The Hall–Kier alpha value is -3.29. The van der Waals surface area contributed by atoms with Crippen LogP contribution in [0.1, 0.15) is 28.9 Å². The van der Waals surface area contributed by atoms with E-state index < -0.39 is 0 Å². The summed E-state index contributed by atoms with van der Waals surface area (Å²) in [5.74, 6) is -0.354. The zero-order valence-corrected chi connectivity index (χ0v) is 17.9. The predicted molar refractivity (Wildman–Crippen MR) is 122 cm³/mol. The van der Waals surface area contributed by atoms with Gasteiger partial charge in [0.2, 0.25) is 0 Å². The van der Waals surface area contributed by atoms with Crippen LogP contribution in [0, 0.1) is 25.2 Å². The number of halogens is 1. The van der Waals surface area contributed by atoms with E-state index in [4.69, 9.17) is 11.6 Å². The summed E-state index contributed by atoms with van der Waals surface area (Å²) in [7, 11) is 0. The average Bonchev–Trinajstić information content (AvgIpc) is 3.03. The van der Waals surface area contributed by atoms with Gasteiger partial charge in [-0.25, -0.2) is 0 Å². The monoisotopic (exact) mass is 417 g/mol. The van der Waals surface area contributed by atoms with Gasteiger partial charge in [-0.15, -0.1) is 0 Å². The van der Waals surface area contributed by atoms with Gasteiger partial charge in [0.05, 0.1) is 10.7 Å². The van der Waals surface area contributed by atoms with Crippen LogP contribution in [0.15, 0.2) is 66.2 Å². The molecule has 152 valence electrons. The topological polar surface area (TPSA) is 57.8 Å². The van der Waals surface area contributed by atoms with Gasteiger partial charge in [0.15, 0.2) is 0 Å². The summed E-state index contributed by atoms with van der Waals surface area (Å²) in [6.07, 6.45) is 3.34. The van der Waals surface area contributed by atoms with E-state index in [1.54, 1.807) is 6.08 Å². The Kier molecular flexibility index (Phi) is 7.11. The number of nitriles is 1. The molecule has 0 aliphatic carbocycles. The van der Waals surface area contributed by atoms with Crippen molar-refractivity contribution < 1.29 is 4.79 Å². The SMILES string of the molecule is Cc1cc(/C=C(/C#N)C(=O)NCCCc2ccccc2)c(C)n1-c1ccccc1Cl. The van der Waals surface area contributed by atoms with E-state index >= 15 is 0 Å². The molecule has 0 aliphatic rings. The number of hydrogen-bond acceptors (Lipinski definition) is 2. The highest BCUT2D eigenvalue weighted by Crippen LogP contribution is 2.27. The second kappa shape index (κ2) is 9.96. The lowest BCUT2D eigenvalue weighted by Crippen LogP contribution is -2.25. The maximum Gasteiger partial charge on any atom is 0.261 e. The first kappa shape index (κ1) is 21.4. The fourth-order valence-electron chi connectivity index (χ4n) is 3.48. The second-order valence-corrected chi connectivity index (χ2v) is 7.54. The fraction of sp³-hybridized carbons (Fsp3) is 0.200. The lowest BCUT2D eigenvalue weighted by molar-refractivity contribution is -0.117. The molecule has 0 unspecified atom stereocenters. The number of carbonyl (C=O) groups excluding carboxylic acids is 1. The van der Waals surface area contributed by atoms with Gasteiger partial charge in [-0.3, -0.25) is 4.79 Å². The molecule has 3 rings (SSSR count). The standard InChI is InChI=1S/C25H24ClN3O/c1-18-15-21(19(2)29(18)24-13-7-6-12-23(24)26)16-22(17-27)25(30)28-14-8-11-20-9-4-3-5-10-20/h3-7,9-10,12-13,15-16H,8,11,14H2,1-2H3,(H,28,30)/b22-16-. The third-order valence-electron chi connectivity index (χ3n) is 5.00. The Labute approximate surface area is 182 Å². The van der Waals surface area contributed by atoms with Crippen molar-refractivity contribution in [2.24, 2.45) is 0 Å². The summed E-state index contributed by atoms with van der Waals surface area (Å²) >= 11 is 6.36. The summed E-state index contributed by atoms with van der Waals surface area (Å²) in [6, 6.07) is 21.7. The van der Waals surface area contributed by atoms with E-state index in [0.717, 1.165) is 35.5 Å². The number of aryl methyl sites for hydroxylation is 2. The third kappa shape index (κ3) is 5.00. The lowest BCUT2D eigenvalue weighted by Gasteiger charge is -2.11. The molecule has 0 saturated heterocycles. The van der Waals surface area contributed by atoms with Crippen molar-refractivity contribution in [1.29, 1.82) is 5.26 Å². The molecule has 30 heavy (non-hydrogen) atoms. The van der Waals surface area contributed by atoms with Gasteiger partial charge in [-0.05, 0) is 62.1 Å². The number of carbonyl (C=O) groups is 1. The molecule has 0 aliphatic heterocycles. The number of hydrogen-bond donors (Lipinski definition) is 1. The second-order valence-electron chi connectivity index (χ2n) is 7.13. The maximum atomic E-state index is 12.5. The van der Waals surface area contributed by atoms with Gasteiger partial charge in [0, 0.05) is 17.9 Å². The molecule has 1 aromatic heterocycles. The summed E-state index contributed by atoms with van der Waals surface area (Å²) in [4.78, 5) is 12.5. The molecule has 0 spiro atoms. The van der Waals surface area contributed by atoms with Crippen molar-refractivity contribution >= 4 is 23.6 Å². The molecule has 1 amide bonds. The van der Waals surface area contributed by atoms with Gasteiger partial charge in [0.25, 0.3) is 5.91 Å². The van der Waals surface area contributed by atoms with Crippen LogP contribution in [-0.2, 0) is 11.2 Å². The van der Waals surface area contributed by atoms with E-state index in [0.29, 0.717) is 11.6 Å². The molecule has 1 heterocycles. The number of rotatable bonds is 7. The van der Waals surface area contributed by atoms with Crippen LogP contribution in [0.3, 0.4) is 0 Å². The van der Waals surface area contributed by atoms with Crippen LogP contribution < -0.4 is 5.32 Å². The molecular weight excluding hydrogens is 394 g/mol. The molecule has 3 aromatic rings. The van der Waals surface area contributed by atoms with Crippen LogP contribution >= 0.6 is 11.6 Å². The highest BCUT2D eigenvalue weighted by Gasteiger charge is 2.14. The summed E-state index contributed by atoms with van der Waals surface area (Å²) in [5.41, 5.74) is 4.92. The van der Waals surface area contributed by atoms with Gasteiger partial charge in [-0.1, -0.05) is 54.1 Å². The third-order valence-corrected chi connectivity index (χ3v) is 5.32. The Balaban J connectivity index is 1.71. The van der Waals surface area contributed by atoms with Crippen LogP contribution in [0.2, 0.25) is 5.02 Å². The minimum atomic E-state index is -0.354. The first-order valence-electron chi connectivity index (χ1n) is 9.89. The van der Waals surface area contributed by atoms with Crippen LogP contribution in [0.25, 0.3) is 11.8 Å². The Morgan fingerprint density at radius 1 is 1.13 bits per heavy atom. The first-order valence-corrected chi connectivity index (χ1v) is 10.3. The largest absolute Gasteiger partial charge is 0.351 e. The Bertz CT molecular complexity index is 1110. The average molecular weight is 418 g/mol. The van der Waals surface area contributed by atoms with E-state index in [9.17, 15) is 10.1 Å². The molecule has 5 heteroatoms. The molecule has 2 aromatic carbocycles. The minimum Gasteiger partial charge on any atom is -0.351 e. The van der Waals surface area contributed by atoms with E-state index in [-0.39, 0.29) is 11.5 Å². The maximum absolute atomic E-state index is 12.5. The van der Waals surface area contributed by atoms with Crippen molar-refractivity contribution in [2.75, 3.05) is 6.54 Å². The van der Waals surface area contributed by atoms with Gasteiger partial charge in [0.1, 0.15) is 11.6 Å². The molecule has 1 N–H and O–H groups in total. The molecule has 4 nitrogen and oxygen atoms in total. The molecule has 0 saturated carbocycles. The number of aromatic nitrogens is 1. The zero-order valence-electron chi connectivity index (χ0n) is 17.2. The highest BCUT2D eigenvalue weighted by molar-refractivity contribution is 6.32. The van der Waals surface area contributed by atoms with Gasteiger partial charge < -0.3 is 9.88 Å². The normalized spacial score (nSPS) is 11.2. The molecular formula is C25H24ClN3O. The smallest absolute Gasteiger partial charge is 0.261 e. The molecule has 0 radical (unpaired) electrons. The first-order chi connectivity index (χ1) is 14.5. The Morgan fingerprint density at radius 3 is 2.53 bits per heavy atom. The molecule has 0 bridgehead atoms. The molecule has 0 atom stereocenters. The van der Waals surface area contributed by atoms with E-state index in [1.165, 1.54) is 5.56 Å².